The first-order chi connectivity index (χ1) is 12.0. The molecule has 1 aromatic carbocycles. The molecule has 0 saturated carbocycles. The van der Waals surface area contributed by atoms with Gasteiger partial charge < -0.3 is 10.7 Å². The third-order valence-electron chi connectivity index (χ3n) is 3.90. The van der Waals surface area contributed by atoms with E-state index >= 15 is 0 Å². The molecule has 0 unspecified atom stereocenters. The fourth-order valence-electron chi connectivity index (χ4n) is 2.51. The van der Waals surface area contributed by atoms with Gasteiger partial charge in [0.25, 0.3) is 5.56 Å². The Bertz CT molecular complexity index is 959. The van der Waals surface area contributed by atoms with Gasteiger partial charge in [-0.15, -0.1) is 11.3 Å². The van der Waals surface area contributed by atoms with Gasteiger partial charge in [-0.05, 0) is 17.0 Å². The highest BCUT2D eigenvalue weighted by molar-refractivity contribution is 7.99. The number of thiophene rings is 1. The molecule has 130 valence electrons. The Hall–Kier alpha value is -2.12. The minimum atomic E-state index is -0.362. The number of primary amides is 1. The van der Waals surface area contributed by atoms with Gasteiger partial charge in [0.2, 0.25) is 5.91 Å². The monoisotopic (exact) mass is 373 g/mol. The number of carbonyl (C=O) groups is 1. The number of carbonyl (C=O) groups excluding carboxylic acids is 1. The molecule has 3 rings (SSSR count). The molecule has 1 amide bonds. The average molecular weight is 374 g/mol. The first-order valence-corrected chi connectivity index (χ1v) is 9.85. The van der Waals surface area contributed by atoms with Crippen LogP contribution in [-0.2, 0) is 4.79 Å². The molecule has 7 heteroatoms. The smallest absolute Gasteiger partial charge is 0.260 e. The fraction of sp³-hybridized carbons (Fsp3) is 0.278. The Morgan fingerprint density at radius 2 is 2.04 bits per heavy atom. The quantitative estimate of drug-likeness (QED) is 0.509. The van der Waals surface area contributed by atoms with Crippen LogP contribution in [0.2, 0.25) is 0 Å². The molecular weight excluding hydrogens is 354 g/mol. The molecule has 0 radical (unpaired) electrons. The number of H-pyrrole nitrogens is 1. The zero-order valence-corrected chi connectivity index (χ0v) is 15.7. The number of benzene rings is 1. The summed E-state index contributed by atoms with van der Waals surface area (Å²) >= 11 is 2.78. The number of fused-ring (bicyclic) bond motifs is 1. The van der Waals surface area contributed by atoms with Crippen LogP contribution >= 0.6 is 23.1 Å². The summed E-state index contributed by atoms with van der Waals surface area (Å²) in [4.78, 5) is 31.3. The van der Waals surface area contributed by atoms with Crippen LogP contribution < -0.4 is 11.3 Å². The van der Waals surface area contributed by atoms with E-state index in [1.54, 1.807) is 0 Å². The fourth-order valence-corrected chi connectivity index (χ4v) is 4.33. The Balaban J connectivity index is 1.93. The van der Waals surface area contributed by atoms with E-state index in [9.17, 15) is 9.59 Å². The predicted molar refractivity (Wildman–Crippen MR) is 104 cm³/mol. The van der Waals surface area contributed by atoms with Crippen LogP contribution in [0.5, 0.6) is 0 Å². The van der Waals surface area contributed by atoms with Gasteiger partial charge in [-0.2, -0.15) is 0 Å². The van der Waals surface area contributed by atoms with E-state index in [4.69, 9.17) is 5.73 Å². The second kappa shape index (κ2) is 7.41. The first-order valence-electron chi connectivity index (χ1n) is 7.98. The van der Waals surface area contributed by atoms with Gasteiger partial charge in [-0.3, -0.25) is 9.59 Å². The number of nitrogens with one attached hydrogen (secondary N) is 1. The highest BCUT2D eigenvalue weighted by atomic mass is 32.2. The van der Waals surface area contributed by atoms with Crippen molar-refractivity contribution in [3.8, 4) is 11.1 Å². The average Bonchev–Trinajstić information content (AvgIpc) is 2.99. The molecule has 0 aliphatic rings. The van der Waals surface area contributed by atoms with Crippen molar-refractivity contribution in [2.24, 2.45) is 5.73 Å². The molecule has 0 bridgehead atoms. The van der Waals surface area contributed by atoms with Crippen LogP contribution in [0.3, 0.4) is 0 Å². The van der Waals surface area contributed by atoms with Gasteiger partial charge in [-0.25, -0.2) is 4.98 Å². The number of hydrogen-bond acceptors (Lipinski definition) is 5. The maximum atomic E-state index is 12.5. The molecule has 2 heterocycles. The van der Waals surface area contributed by atoms with Crippen molar-refractivity contribution in [2.75, 3.05) is 5.75 Å². The summed E-state index contributed by atoms with van der Waals surface area (Å²) < 4.78 is 0. The normalized spacial score (nSPS) is 11.3. The lowest BCUT2D eigenvalue weighted by Crippen LogP contribution is -2.12. The molecule has 5 nitrogen and oxygen atoms in total. The summed E-state index contributed by atoms with van der Waals surface area (Å²) in [5.74, 6) is 0.607. The van der Waals surface area contributed by atoms with E-state index in [1.807, 2.05) is 17.5 Å². The van der Waals surface area contributed by atoms with Gasteiger partial charge >= 0.3 is 0 Å². The van der Waals surface area contributed by atoms with Crippen molar-refractivity contribution in [1.29, 1.82) is 0 Å². The predicted octanol–water partition coefficient (Wildman–Crippen LogP) is 3.74. The maximum absolute atomic E-state index is 12.5. The summed E-state index contributed by atoms with van der Waals surface area (Å²) in [6.45, 7) is 4.31. The summed E-state index contributed by atoms with van der Waals surface area (Å²) in [6, 6.07) is 8.29. The number of nitrogens with two attached hydrogens (primary N) is 1. The SMILES string of the molecule is CC(C)c1ccc(-c2csc3nc(SCCC(N)=O)[nH]c(=O)c23)cc1. The summed E-state index contributed by atoms with van der Waals surface area (Å²) in [7, 11) is 0. The van der Waals surface area contributed by atoms with Gasteiger partial charge in [0.05, 0.1) is 5.39 Å². The van der Waals surface area contributed by atoms with E-state index in [-0.39, 0.29) is 17.9 Å². The van der Waals surface area contributed by atoms with E-state index < -0.39 is 0 Å². The molecule has 2 aromatic heterocycles. The van der Waals surface area contributed by atoms with Crippen LogP contribution in [0, 0.1) is 0 Å². The van der Waals surface area contributed by atoms with Crippen molar-refractivity contribution in [2.45, 2.75) is 31.3 Å². The molecule has 0 fully saturated rings. The molecule has 3 N–H and O–H groups in total. The third-order valence-corrected chi connectivity index (χ3v) is 5.65. The lowest BCUT2D eigenvalue weighted by atomic mass is 9.99. The van der Waals surface area contributed by atoms with Crippen LogP contribution in [-0.4, -0.2) is 21.6 Å². The Morgan fingerprint density at radius 1 is 1.32 bits per heavy atom. The summed E-state index contributed by atoms with van der Waals surface area (Å²) in [5, 5.41) is 3.10. The summed E-state index contributed by atoms with van der Waals surface area (Å²) in [6.07, 6.45) is 0.254. The van der Waals surface area contributed by atoms with E-state index in [0.29, 0.717) is 27.0 Å². The summed E-state index contributed by atoms with van der Waals surface area (Å²) in [5.41, 5.74) is 8.15. The van der Waals surface area contributed by atoms with E-state index in [1.165, 1.54) is 28.7 Å². The Labute approximate surface area is 153 Å². The third kappa shape index (κ3) is 3.93. The highest BCUT2D eigenvalue weighted by Gasteiger charge is 2.13. The molecule has 0 atom stereocenters. The number of aromatic amines is 1. The second-order valence-corrected chi connectivity index (χ2v) is 7.98. The van der Waals surface area contributed by atoms with Gasteiger partial charge in [0.15, 0.2) is 5.16 Å². The van der Waals surface area contributed by atoms with Crippen molar-refractivity contribution in [3.63, 3.8) is 0 Å². The number of amides is 1. The van der Waals surface area contributed by atoms with Gasteiger partial charge in [0, 0.05) is 23.1 Å². The minimum absolute atomic E-state index is 0.157. The lowest BCUT2D eigenvalue weighted by molar-refractivity contribution is -0.117. The molecule has 0 saturated heterocycles. The molecule has 0 aliphatic carbocycles. The zero-order chi connectivity index (χ0) is 18.0. The van der Waals surface area contributed by atoms with E-state index in [2.05, 4.69) is 35.9 Å². The topological polar surface area (TPSA) is 88.8 Å². The number of thioether (sulfide) groups is 1. The highest BCUT2D eigenvalue weighted by Crippen LogP contribution is 2.32. The first kappa shape index (κ1) is 17.7. The van der Waals surface area contributed by atoms with Crippen molar-refractivity contribution in [3.05, 3.63) is 45.6 Å². The number of aromatic nitrogens is 2. The standard InChI is InChI=1S/C18H19N3O2S2/c1-10(2)11-3-5-12(6-4-11)13-9-25-17-15(13)16(23)20-18(21-17)24-8-7-14(19)22/h3-6,9-10H,7-8H2,1-2H3,(H2,19,22)(H,20,21,23). The molecular formula is C18H19N3O2S2. The Morgan fingerprint density at radius 3 is 2.68 bits per heavy atom. The second-order valence-electron chi connectivity index (χ2n) is 6.04. The van der Waals surface area contributed by atoms with Gasteiger partial charge in [-0.1, -0.05) is 49.9 Å². The number of hydrogen-bond donors (Lipinski definition) is 2. The van der Waals surface area contributed by atoms with Crippen LogP contribution in [0.25, 0.3) is 21.3 Å². The van der Waals surface area contributed by atoms with E-state index in [0.717, 1.165) is 11.1 Å². The maximum Gasteiger partial charge on any atom is 0.260 e. The molecule has 0 aliphatic heterocycles. The van der Waals surface area contributed by atoms with Crippen molar-refractivity contribution >= 4 is 39.2 Å². The van der Waals surface area contributed by atoms with Crippen LogP contribution in [0.1, 0.15) is 31.7 Å². The Kier molecular flexibility index (Phi) is 5.24. The molecule has 3 aromatic rings. The number of rotatable bonds is 6. The molecule has 25 heavy (non-hydrogen) atoms. The van der Waals surface area contributed by atoms with Crippen LogP contribution in [0.4, 0.5) is 0 Å². The number of nitrogens with zero attached hydrogens (tertiary/aromatic N) is 1. The van der Waals surface area contributed by atoms with Crippen molar-refractivity contribution < 1.29 is 4.79 Å². The molecule has 0 spiro atoms. The zero-order valence-electron chi connectivity index (χ0n) is 14.0. The minimum Gasteiger partial charge on any atom is -0.370 e. The van der Waals surface area contributed by atoms with Crippen LogP contribution in [0.15, 0.2) is 39.6 Å². The largest absolute Gasteiger partial charge is 0.370 e. The van der Waals surface area contributed by atoms with Gasteiger partial charge in [0.1, 0.15) is 4.83 Å². The van der Waals surface area contributed by atoms with Crippen molar-refractivity contribution in [1.82, 2.24) is 9.97 Å². The lowest BCUT2D eigenvalue weighted by Gasteiger charge is -2.06.